The van der Waals surface area contributed by atoms with Crippen molar-refractivity contribution in [2.75, 3.05) is 30.3 Å². The number of aliphatic carboxylic acids is 1. The molecule has 9 heteroatoms. The molecule has 0 radical (unpaired) electrons. The van der Waals surface area contributed by atoms with Gasteiger partial charge in [-0.3, -0.25) is 9.10 Å². The van der Waals surface area contributed by atoms with E-state index < -0.39 is 28.0 Å². The maximum atomic E-state index is 12.2. The van der Waals surface area contributed by atoms with Crippen LogP contribution >= 0.6 is 0 Å². The Morgan fingerprint density at radius 2 is 2.12 bits per heavy atom. The molecular formula is C15H20N2O6S. The number of nitrogens with one attached hydrogen (secondary N) is 1. The van der Waals surface area contributed by atoms with Gasteiger partial charge in [0.2, 0.25) is 10.0 Å². The highest BCUT2D eigenvalue weighted by Crippen LogP contribution is 2.26. The van der Waals surface area contributed by atoms with E-state index >= 15 is 0 Å². The minimum absolute atomic E-state index is 0.127. The molecule has 2 N–H and O–H groups in total. The van der Waals surface area contributed by atoms with E-state index in [0.717, 1.165) is 0 Å². The first kappa shape index (κ1) is 18.2. The predicted octanol–water partition coefficient (Wildman–Crippen LogP) is 0.364. The zero-order valence-electron chi connectivity index (χ0n) is 13.5. The van der Waals surface area contributed by atoms with Crippen LogP contribution in [0, 0.1) is 6.92 Å². The van der Waals surface area contributed by atoms with Gasteiger partial charge in [0.1, 0.15) is 0 Å². The topological polar surface area (TPSA) is 113 Å². The van der Waals surface area contributed by atoms with Gasteiger partial charge in [-0.1, -0.05) is 0 Å². The summed E-state index contributed by atoms with van der Waals surface area (Å²) in [7, 11) is -2.02. The largest absolute Gasteiger partial charge is 0.479 e. The molecule has 1 aromatic rings. The van der Waals surface area contributed by atoms with Gasteiger partial charge in [-0.25, -0.2) is 13.2 Å². The summed E-state index contributed by atoms with van der Waals surface area (Å²) in [6, 6.07) is 4.76. The van der Waals surface area contributed by atoms with Crippen LogP contribution in [0.5, 0.6) is 0 Å². The highest BCUT2D eigenvalue weighted by molar-refractivity contribution is 7.93. The van der Waals surface area contributed by atoms with Gasteiger partial charge in [-0.2, -0.15) is 0 Å². The van der Waals surface area contributed by atoms with Crippen LogP contribution in [0.2, 0.25) is 0 Å². The van der Waals surface area contributed by atoms with Gasteiger partial charge >= 0.3 is 5.97 Å². The van der Waals surface area contributed by atoms with Crippen molar-refractivity contribution in [3.8, 4) is 0 Å². The quantitative estimate of drug-likeness (QED) is 0.761. The van der Waals surface area contributed by atoms with E-state index in [9.17, 15) is 18.0 Å². The van der Waals surface area contributed by atoms with Crippen LogP contribution in [-0.2, 0) is 19.6 Å². The molecule has 1 aliphatic heterocycles. The molecule has 0 spiro atoms. The minimum atomic E-state index is -3.27. The Morgan fingerprint density at radius 3 is 2.62 bits per heavy atom. The number of benzene rings is 1. The maximum absolute atomic E-state index is 12.2. The highest BCUT2D eigenvalue weighted by atomic mass is 32.2. The number of rotatable bonds is 6. The van der Waals surface area contributed by atoms with Crippen molar-refractivity contribution in [2.45, 2.75) is 19.4 Å². The number of nitrogens with zero attached hydrogens (tertiary/aromatic N) is 1. The molecule has 8 nitrogen and oxygen atoms in total. The summed E-state index contributed by atoms with van der Waals surface area (Å²) in [6.07, 6.45) is -0.541. The predicted molar refractivity (Wildman–Crippen MR) is 87.7 cm³/mol. The van der Waals surface area contributed by atoms with Crippen molar-refractivity contribution in [3.05, 3.63) is 29.3 Å². The fourth-order valence-corrected chi connectivity index (χ4v) is 4.10. The first-order valence-electron chi connectivity index (χ1n) is 7.41. The number of carboxylic acid groups (broad SMARTS) is 1. The Kier molecular flexibility index (Phi) is 5.45. The van der Waals surface area contributed by atoms with Crippen LogP contribution in [0.1, 0.15) is 22.3 Å². The van der Waals surface area contributed by atoms with Crippen molar-refractivity contribution in [3.63, 3.8) is 0 Å². The zero-order chi connectivity index (χ0) is 17.9. The van der Waals surface area contributed by atoms with Crippen LogP contribution in [0.4, 0.5) is 5.69 Å². The van der Waals surface area contributed by atoms with E-state index in [2.05, 4.69) is 5.32 Å². The number of methoxy groups -OCH3 is 1. The number of anilines is 1. The maximum Gasteiger partial charge on any atom is 0.334 e. The number of carbonyl (C=O) groups is 2. The monoisotopic (exact) mass is 356 g/mol. The fourth-order valence-electron chi connectivity index (χ4n) is 2.54. The zero-order valence-corrected chi connectivity index (χ0v) is 14.3. The summed E-state index contributed by atoms with van der Waals surface area (Å²) in [6.45, 7) is 1.97. The third kappa shape index (κ3) is 3.85. The van der Waals surface area contributed by atoms with E-state index in [4.69, 9.17) is 9.84 Å². The number of amides is 1. The number of hydrogen-bond donors (Lipinski definition) is 2. The summed E-state index contributed by atoms with van der Waals surface area (Å²) >= 11 is 0. The number of ether oxygens (including phenoxy) is 1. The Balaban J connectivity index is 2.12. The smallest absolute Gasteiger partial charge is 0.334 e. The first-order valence-corrected chi connectivity index (χ1v) is 9.02. The summed E-state index contributed by atoms with van der Waals surface area (Å²) < 4.78 is 30.0. The second-order valence-electron chi connectivity index (χ2n) is 5.51. The molecule has 1 aliphatic rings. The lowest BCUT2D eigenvalue weighted by atomic mass is 10.1. The van der Waals surface area contributed by atoms with E-state index in [1.165, 1.54) is 17.5 Å². The molecule has 132 valence electrons. The van der Waals surface area contributed by atoms with Crippen LogP contribution < -0.4 is 9.62 Å². The minimum Gasteiger partial charge on any atom is -0.479 e. The van der Waals surface area contributed by atoms with Crippen molar-refractivity contribution < 1.29 is 27.9 Å². The average Bonchev–Trinajstić information content (AvgIpc) is 2.86. The molecule has 1 unspecified atom stereocenters. The van der Waals surface area contributed by atoms with E-state index in [1.807, 2.05) is 0 Å². The molecule has 1 heterocycles. The number of aryl methyl sites for hydroxylation is 1. The van der Waals surface area contributed by atoms with Gasteiger partial charge in [0.25, 0.3) is 5.91 Å². The average molecular weight is 356 g/mol. The van der Waals surface area contributed by atoms with Crippen LogP contribution in [-0.4, -0.2) is 57.5 Å². The molecule has 0 saturated carbocycles. The summed E-state index contributed by atoms with van der Waals surface area (Å²) in [5.74, 6) is -1.47. The Bertz CT molecular complexity index is 746. The lowest BCUT2D eigenvalue weighted by Gasteiger charge is -2.18. The van der Waals surface area contributed by atoms with Crippen molar-refractivity contribution >= 4 is 27.6 Å². The highest BCUT2D eigenvalue weighted by Gasteiger charge is 2.28. The molecular weight excluding hydrogens is 336 g/mol. The Morgan fingerprint density at radius 1 is 1.42 bits per heavy atom. The molecule has 1 atom stereocenters. The summed E-state index contributed by atoms with van der Waals surface area (Å²) in [5, 5.41) is 11.4. The SMILES string of the molecule is COC(CNC(=O)c1ccc(N2CCCS2(=O)=O)cc1C)C(=O)O. The number of sulfonamides is 1. The lowest BCUT2D eigenvalue weighted by Crippen LogP contribution is -2.38. The van der Waals surface area contributed by atoms with Crippen LogP contribution in [0.15, 0.2) is 18.2 Å². The van der Waals surface area contributed by atoms with Crippen LogP contribution in [0.3, 0.4) is 0 Å². The molecule has 1 fully saturated rings. The van der Waals surface area contributed by atoms with Gasteiger partial charge in [-0.05, 0) is 37.1 Å². The molecule has 24 heavy (non-hydrogen) atoms. The van der Waals surface area contributed by atoms with Gasteiger partial charge in [0, 0.05) is 19.2 Å². The van der Waals surface area contributed by atoms with Crippen molar-refractivity contribution in [2.24, 2.45) is 0 Å². The van der Waals surface area contributed by atoms with Crippen LogP contribution in [0.25, 0.3) is 0 Å². The second kappa shape index (κ2) is 7.18. The molecule has 2 rings (SSSR count). The molecule has 0 aliphatic carbocycles. The standard InChI is InChI=1S/C15H20N2O6S/c1-10-8-11(17-6-3-7-24(17,21)22)4-5-12(10)14(18)16-9-13(23-2)15(19)20/h4-5,8,13H,3,6-7,9H2,1-2H3,(H,16,18)(H,19,20). The molecule has 0 aromatic heterocycles. The number of hydrogen-bond acceptors (Lipinski definition) is 5. The second-order valence-corrected chi connectivity index (χ2v) is 7.53. The third-order valence-corrected chi connectivity index (χ3v) is 5.72. The third-order valence-electron chi connectivity index (χ3n) is 3.85. The van der Waals surface area contributed by atoms with Gasteiger partial charge < -0.3 is 15.2 Å². The lowest BCUT2D eigenvalue weighted by molar-refractivity contribution is -0.148. The fraction of sp³-hybridized carbons (Fsp3) is 0.467. The normalized spacial score (nSPS) is 17.5. The van der Waals surface area contributed by atoms with Gasteiger partial charge in [0.05, 0.1) is 18.0 Å². The molecule has 1 aromatic carbocycles. The molecule has 1 saturated heterocycles. The molecule has 1 amide bonds. The summed E-state index contributed by atoms with van der Waals surface area (Å²) in [5.41, 5.74) is 1.49. The van der Waals surface area contributed by atoms with E-state index in [0.29, 0.717) is 29.8 Å². The van der Waals surface area contributed by atoms with Gasteiger partial charge in [0.15, 0.2) is 6.10 Å². The van der Waals surface area contributed by atoms with Crippen molar-refractivity contribution in [1.29, 1.82) is 0 Å². The number of carbonyl (C=O) groups excluding carboxylic acids is 1. The Hall–Kier alpha value is -2.13. The van der Waals surface area contributed by atoms with Crippen molar-refractivity contribution in [1.82, 2.24) is 5.32 Å². The Labute approximate surface area is 140 Å². The summed E-state index contributed by atoms with van der Waals surface area (Å²) in [4.78, 5) is 23.0. The number of carboxylic acids is 1. The first-order chi connectivity index (χ1) is 11.3. The van der Waals surface area contributed by atoms with E-state index in [-0.39, 0.29) is 12.3 Å². The van der Waals surface area contributed by atoms with E-state index in [1.54, 1.807) is 19.1 Å². The molecule has 0 bridgehead atoms. The van der Waals surface area contributed by atoms with Gasteiger partial charge in [-0.15, -0.1) is 0 Å².